The minimum atomic E-state index is -0.506. The molecule has 2 N–H and O–H groups in total. The van der Waals surface area contributed by atoms with E-state index in [-0.39, 0.29) is 29.9 Å². The van der Waals surface area contributed by atoms with Gasteiger partial charge in [0.25, 0.3) is 0 Å². The normalized spacial score (nSPS) is 18.5. The van der Waals surface area contributed by atoms with Crippen LogP contribution in [0.3, 0.4) is 0 Å². The standard InChI is InChI=1S/C22H29NO6/c1-13(7-9-18(24)23-11-15-5-4-10-28-15)6-8-16-20(25)19-17(12-29-22(19)26)14(2)21(16)27-3/h6,15,25H,4-5,7-12H2,1-3H3,(H,23,24). The van der Waals surface area contributed by atoms with E-state index in [2.05, 4.69) is 5.32 Å². The van der Waals surface area contributed by atoms with Gasteiger partial charge in [-0.15, -0.1) is 0 Å². The number of allylic oxidation sites excluding steroid dienone is 2. The van der Waals surface area contributed by atoms with Crippen molar-refractivity contribution in [1.82, 2.24) is 5.32 Å². The van der Waals surface area contributed by atoms with Crippen molar-refractivity contribution >= 4 is 11.9 Å². The zero-order chi connectivity index (χ0) is 21.0. The molecular formula is C22H29NO6. The molecule has 1 aromatic rings. The van der Waals surface area contributed by atoms with Gasteiger partial charge in [0.2, 0.25) is 5.91 Å². The number of esters is 1. The van der Waals surface area contributed by atoms with E-state index in [9.17, 15) is 14.7 Å². The Balaban J connectivity index is 1.61. The number of nitrogens with one attached hydrogen (secondary N) is 1. The first-order valence-corrected chi connectivity index (χ1v) is 10.0. The van der Waals surface area contributed by atoms with Gasteiger partial charge in [-0.25, -0.2) is 4.79 Å². The zero-order valence-electron chi connectivity index (χ0n) is 17.3. The number of carbonyl (C=O) groups is 2. The van der Waals surface area contributed by atoms with Crippen LogP contribution < -0.4 is 10.1 Å². The average Bonchev–Trinajstić information content (AvgIpc) is 3.36. The zero-order valence-corrected chi connectivity index (χ0v) is 17.3. The molecule has 1 amide bonds. The summed E-state index contributed by atoms with van der Waals surface area (Å²) < 4.78 is 16.1. The third-order valence-electron chi connectivity index (χ3n) is 5.60. The highest BCUT2D eigenvalue weighted by Crippen LogP contribution is 2.42. The lowest BCUT2D eigenvalue weighted by atomic mass is 9.94. The number of hydrogen-bond acceptors (Lipinski definition) is 6. The Morgan fingerprint density at radius 2 is 2.17 bits per heavy atom. The molecule has 7 heteroatoms. The third-order valence-corrected chi connectivity index (χ3v) is 5.60. The molecule has 7 nitrogen and oxygen atoms in total. The summed E-state index contributed by atoms with van der Waals surface area (Å²) in [7, 11) is 1.55. The molecule has 1 unspecified atom stereocenters. The number of cyclic esters (lactones) is 1. The SMILES string of the molecule is COc1c(C)c2c(c(O)c1CC=C(C)CCC(=O)NCC1CCCO1)C(=O)OC2. The smallest absolute Gasteiger partial charge is 0.342 e. The van der Waals surface area contributed by atoms with Crippen LogP contribution >= 0.6 is 0 Å². The summed E-state index contributed by atoms with van der Waals surface area (Å²) in [5.74, 6) is -0.0147. The molecule has 0 saturated carbocycles. The number of rotatable bonds is 8. The van der Waals surface area contributed by atoms with Crippen molar-refractivity contribution in [3.05, 3.63) is 33.9 Å². The summed E-state index contributed by atoms with van der Waals surface area (Å²) in [6.45, 7) is 5.30. The van der Waals surface area contributed by atoms with E-state index in [4.69, 9.17) is 14.2 Å². The van der Waals surface area contributed by atoms with Crippen molar-refractivity contribution in [3.8, 4) is 11.5 Å². The number of methoxy groups -OCH3 is 1. The Labute approximate surface area is 171 Å². The molecule has 0 bridgehead atoms. The lowest BCUT2D eigenvalue weighted by Gasteiger charge is -2.15. The first kappa shape index (κ1) is 21.2. The van der Waals surface area contributed by atoms with Crippen molar-refractivity contribution in [2.75, 3.05) is 20.3 Å². The minimum Gasteiger partial charge on any atom is -0.507 e. The van der Waals surface area contributed by atoms with E-state index in [0.717, 1.165) is 30.6 Å². The fourth-order valence-corrected chi connectivity index (χ4v) is 3.84. The van der Waals surface area contributed by atoms with E-state index >= 15 is 0 Å². The average molecular weight is 403 g/mol. The number of carbonyl (C=O) groups excluding carboxylic acids is 2. The summed E-state index contributed by atoms with van der Waals surface area (Å²) in [5.41, 5.74) is 3.31. The van der Waals surface area contributed by atoms with Crippen LogP contribution in [0, 0.1) is 6.92 Å². The van der Waals surface area contributed by atoms with Crippen molar-refractivity contribution < 1.29 is 28.9 Å². The van der Waals surface area contributed by atoms with Crippen molar-refractivity contribution in [3.63, 3.8) is 0 Å². The molecule has 1 fully saturated rings. The summed E-state index contributed by atoms with van der Waals surface area (Å²) >= 11 is 0. The van der Waals surface area contributed by atoms with Crippen LogP contribution in [0.5, 0.6) is 11.5 Å². The molecule has 0 spiro atoms. The summed E-state index contributed by atoms with van der Waals surface area (Å²) in [6.07, 6.45) is 5.56. The van der Waals surface area contributed by atoms with Gasteiger partial charge in [0, 0.05) is 30.7 Å². The second kappa shape index (κ2) is 9.31. The Kier molecular flexibility index (Phi) is 6.79. The first-order valence-electron chi connectivity index (χ1n) is 10.0. The first-order chi connectivity index (χ1) is 13.9. The Hall–Kier alpha value is -2.54. The number of hydrogen-bond donors (Lipinski definition) is 2. The van der Waals surface area contributed by atoms with E-state index in [1.807, 2.05) is 19.9 Å². The number of fused-ring (bicyclic) bond motifs is 1. The largest absolute Gasteiger partial charge is 0.507 e. The lowest BCUT2D eigenvalue weighted by molar-refractivity contribution is -0.121. The van der Waals surface area contributed by atoms with Gasteiger partial charge in [-0.3, -0.25) is 4.79 Å². The number of phenolic OH excluding ortho intramolecular Hbond substituents is 1. The van der Waals surface area contributed by atoms with Crippen LogP contribution in [-0.2, 0) is 27.3 Å². The second-order valence-corrected chi connectivity index (χ2v) is 7.61. The number of aromatic hydroxyl groups is 1. The molecule has 158 valence electrons. The predicted molar refractivity (Wildman–Crippen MR) is 107 cm³/mol. The summed E-state index contributed by atoms with van der Waals surface area (Å²) in [4.78, 5) is 24.0. The summed E-state index contributed by atoms with van der Waals surface area (Å²) in [6, 6.07) is 0. The third kappa shape index (κ3) is 4.72. The van der Waals surface area contributed by atoms with Crippen molar-refractivity contribution in [2.45, 2.75) is 58.7 Å². The van der Waals surface area contributed by atoms with Gasteiger partial charge >= 0.3 is 5.97 Å². The van der Waals surface area contributed by atoms with Crippen molar-refractivity contribution in [1.29, 1.82) is 0 Å². The molecule has 1 atom stereocenters. The fourth-order valence-electron chi connectivity index (χ4n) is 3.84. The molecule has 2 aliphatic heterocycles. The molecule has 2 aliphatic rings. The molecule has 0 radical (unpaired) electrons. The van der Waals surface area contributed by atoms with E-state index in [1.165, 1.54) is 0 Å². The molecule has 3 rings (SSSR count). The van der Waals surface area contributed by atoms with Gasteiger partial charge in [0.15, 0.2) is 0 Å². The van der Waals surface area contributed by atoms with Crippen LogP contribution in [0.25, 0.3) is 0 Å². The van der Waals surface area contributed by atoms with Crippen molar-refractivity contribution in [2.24, 2.45) is 0 Å². The van der Waals surface area contributed by atoms with Gasteiger partial charge in [0.1, 0.15) is 23.7 Å². The number of ether oxygens (including phenoxy) is 3. The fraction of sp³-hybridized carbons (Fsp3) is 0.545. The highest BCUT2D eigenvalue weighted by molar-refractivity contribution is 5.98. The Morgan fingerprint density at radius 3 is 2.86 bits per heavy atom. The van der Waals surface area contributed by atoms with Crippen LogP contribution in [0.4, 0.5) is 0 Å². The maximum Gasteiger partial charge on any atom is 0.342 e. The van der Waals surface area contributed by atoms with Gasteiger partial charge < -0.3 is 24.6 Å². The topological polar surface area (TPSA) is 94.1 Å². The minimum absolute atomic E-state index is 0.00444. The van der Waals surface area contributed by atoms with Gasteiger partial charge in [0.05, 0.1) is 13.2 Å². The highest BCUT2D eigenvalue weighted by Gasteiger charge is 2.31. The maximum atomic E-state index is 12.0. The van der Waals surface area contributed by atoms with Gasteiger partial charge in [-0.2, -0.15) is 0 Å². The molecule has 1 saturated heterocycles. The molecule has 29 heavy (non-hydrogen) atoms. The van der Waals surface area contributed by atoms with Crippen LogP contribution in [0.2, 0.25) is 0 Å². The predicted octanol–water partition coefficient (Wildman–Crippen LogP) is 2.94. The summed E-state index contributed by atoms with van der Waals surface area (Å²) in [5, 5.41) is 13.6. The molecule has 2 heterocycles. The Bertz CT molecular complexity index is 823. The number of phenols is 1. The molecule has 1 aromatic carbocycles. The monoisotopic (exact) mass is 403 g/mol. The molecular weight excluding hydrogens is 374 g/mol. The number of benzene rings is 1. The van der Waals surface area contributed by atoms with Crippen LogP contribution in [0.15, 0.2) is 11.6 Å². The van der Waals surface area contributed by atoms with Gasteiger partial charge in [-0.05, 0) is 45.1 Å². The van der Waals surface area contributed by atoms with Gasteiger partial charge in [-0.1, -0.05) is 11.6 Å². The highest BCUT2D eigenvalue weighted by atomic mass is 16.5. The second-order valence-electron chi connectivity index (χ2n) is 7.61. The maximum absolute atomic E-state index is 12.0. The number of amides is 1. The quantitative estimate of drug-likeness (QED) is 0.512. The van der Waals surface area contributed by atoms with E-state index in [0.29, 0.717) is 42.7 Å². The Morgan fingerprint density at radius 1 is 1.38 bits per heavy atom. The van der Waals surface area contributed by atoms with Crippen LogP contribution in [-0.4, -0.2) is 43.3 Å². The molecule has 0 aromatic heterocycles. The van der Waals surface area contributed by atoms with Crippen LogP contribution in [0.1, 0.15) is 59.7 Å². The lowest BCUT2D eigenvalue weighted by Crippen LogP contribution is -2.31. The molecule has 0 aliphatic carbocycles. The van der Waals surface area contributed by atoms with E-state index < -0.39 is 5.97 Å². The van der Waals surface area contributed by atoms with E-state index in [1.54, 1.807) is 7.11 Å².